The highest BCUT2D eigenvalue weighted by Gasteiger charge is 2.25. The average Bonchev–Trinajstić information content (AvgIpc) is 3.26. The van der Waals surface area contributed by atoms with Crippen molar-refractivity contribution in [1.29, 1.82) is 0 Å². The molecule has 1 amide bonds. The molecule has 0 spiro atoms. The van der Waals surface area contributed by atoms with E-state index in [1.54, 1.807) is 4.68 Å². The molecule has 2 N–H and O–H groups in total. The summed E-state index contributed by atoms with van der Waals surface area (Å²) < 4.78 is 1.79. The third kappa shape index (κ3) is 4.87. The molecular formula is C27H24ClN5O. The fraction of sp³-hybridized carbons (Fsp3) is 0.148. The van der Waals surface area contributed by atoms with Gasteiger partial charge in [0.25, 0.3) is 5.95 Å². The molecule has 4 aromatic rings. The van der Waals surface area contributed by atoms with Crippen molar-refractivity contribution in [3.8, 4) is 0 Å². The van der Waals surface area contributed by atoms with E-state index in [0.29, 0.717) is 23.8 Å². The first-order chi connectivity index (χ1) is 16.5. The Morgan fingerprint density at radius 1 is 1.03 bits per heavy atom. The van der Waals surface area contributed by atoms with Gasteiger partial charge in [-0.15, -0.1) is 5.10 Å². The van der Waals surface area contributed by atoms with Crippen LogP contribution in [-0.4, -0.2) is 20.7 Å². The predicted molar refractivity (Wildman–Crippen MR) is 136 cm³/mol. The zero-order chi connectivity index (χ0) is 23.5. The monoisotopic (exact) mass is 469 g/mol. The number of amides is 1. The number of allylic oxidation sites excluding steroid dienone is 1. The van der Waals surface area contributed by atoms with E-state index < -0.39 is 0 Å². The van der Waals surface area contributed by atoms with Crippen molar-refractivity contribution in [2.45, 2.75) is 25.8 Å². The molecule has 5 rings (SSSR count). The van der Waals surface area contributed by atoms with Crippen LogP contribution in [0.2, 0.25) is 5.02 Å². The Morgan fingerprint density at radius 3 is 2.50 bits per heavy atom. The minimum atomic E-state index is -0.202. The summed E-state index contributed by atoms with van der Waals surface area (Å²) in [5, 5.41) is 11.5. The molecule has 3 aromatic carbocycles. The van der Waals surface area contributed by atoms with Gasteiger partial charge in [-0.05, 0) is 48.2 Å². The van der Waals surface area contributed by atoms with E-state index in [0.717, 1.165) is 22.4 Å². The second-order valence-corrected chi connectivity index (χ2v) is 8.74. The van der Waals surface area contributed by atoms with Crippen LogP contribution in [0.15, 0.2) is 84.9 Å². The highest BCUT2D eigenvalue weighted by Crippen LogP contribution is 2.33. The Kier molecular flexibility index (Phi) is 6.14. The normalized spacial score (nSPS) is 14.6. The number of aromatic nitrogens is 3. The van der Waals surface area contributed by atoms with Crippen molar-refractivity contribution in [3.63, 3.8) is 0 Å². The highest BCUT2D eigenvalue weighted by molar-refractivity contribution is 6.30. The second-order valence-electron chi connectivity index (χ2n) is 8.31. The van der Waals surface area contributed by atoms with E-state index in [1.165, 1.54) is 5.56 Å². The van der Waals surface area contributed by atoms with Crippen LogP contribution in [0.5, 0.6) is 0 Å². The summed E-state index contributed by atoms with van der Waals surface area (Å²) in [5.74, 6) is 0.719. The topological polar surface area (TPSA) is 71.8 Å². The van der Waals surface area contributed by atoms with Crippen molar-refractivity contribution >= 4 is 35.1 Å². The molecule has 0 saturated heterocycles. The fourth-order valence-electron chi connectivity index (χ4n) is 3.93. The number of carbonyl (C=O) groups is 1. The molecule has 0 aliphatic carbocycles. The maximum absolute atomic E-state index is 12.6. The lowest BCUT2D eigenvalue weighted by molar-refractivity contribution is -0.116. The number of fused-ring (bicyclic) bond motifs is 1. The molecule has 1 aromatic heterocycles. The molecule has 1 aliphatic rings. The van der Waals surface area contributed by atoms with Gasteiger partial charge >= 0.3 is 0 Å². The van der Waals surface area contributed by atoms with Crippen LogP contribution in [0.3, 0.4) is 0 Å². The van der Waals surface area contributed by atoms with Gasteiger partial charge in [0.1, 0.15) is 6.04 Å². The summed E-state index contributed by atoms with van der Waals surface area (Å²) in [6, 6.07) is 25.7. The quantitative estimate of drug-likeness (QED) is 0.370. The lowest BCUT2D eigenvalue weighted by Crippen LogP contribution is -2.20. The standard InChI is InChI=1S/C27H24ClN5O/c1-18-7-10-20(11-8-18)23-17-24(21-12-14-22(28)15-13-21)33-27(29-23)31-26(32-33)30-25(34)16-9-19-5-3-2-4-6-19/h2-8,10-15,17,24H,9,16H2,1H3,(H2,29,30,31,32,34). The average molecular weight is 470 g/mol. The first-order valence-corrected chi connectivity index (χ1v) is 11.5. The molecule has 0 fully saturated rings. The van der Waals surface area contributed by atoms with Gasteiger partial charge in [0, 0.05) is 17.1 Å². The minimum absolute atomic E-state index is 0.124. The number of carbonyl (C=O) groups excluding carboxylic acids is 1. The number of nitrogens with one attached hydrogen (secondary N) is 2. The zero-order valence-electron chi connectivity index (χ0n) is 18.7. The first-order valence-electron chi connectivity index (χ1n) is 11.2. The Hall–Kier alpha value is -3.90. The molecule has 1 atom stereocenters. The third-order valence-electron chi connectivity index (χ3n) is 5.77. The lowest BCUT2D eigenvalue weighted by Gasteiger charge is -2.24. The molecule has 1 aliphatic heterocycles. The number of halogens is 1. The number of hydrogen-bond donors (Lipinski definition) is 2. The third-order valence-corrected chi connectivity index (χ3v) is 6.03. The Bertz CT molecular complexity index is 1330. The first kappa shape index (κ1) is 21.9. The number of aryl methyl sites for hydroxylation is 2. The number of benzene rings is 3. The minimum Gasteiger partial charge on any atom is -0.324 e. The van der Waals surface area contributed by atoms with Crippen molar-refractivity contribution in [2.24, 2.45) is 0 Å². The molecule has 34 heavy (non-hydrogen) atoms. The van der Waals surface area contributed by atoms with E-state index in [-0.39, 0.29) is 17.9 Å². The molecule has 2 heterocycles. The Balaban J connectivity index is 1.40. The van der Waals surface area contributed by atoms with E-state index in [2.05, 4.69) is 58.0 Å². The van der Waals surface area contributed by atoms with E-state index in [9.17, 15) is 4.79 Å². The van der Waals surface area contributed by atoms with Crippen LogP contribution in [0.4, 0.5) is 11.9 Å². The number of anilines is 2. The van der Waals surface area contributed by atoms with Gasteiger partial charge in [0.05, 0.1) is 0 Å². The van der Waals surface area contributed by atoms with Crippen LogP contribution >= 0.6 is 11.6 Å². The summed E-state index contributed by atoms with van der Waals surface area (Å²) in [4.78, 5) is 17.1. The molecule has 7 heteroatoms. The second kappa shape index (κ2) is 9.53. The summed E-state index contributed by atoms with van der Waals surface area (Å²) in [5.41, 5.74) is 5.31. The SMILES string of the molecule is Cc1ccc(C2=CC(c3ccc(Cl)cc3)n3nc(NC(=O)CCc4ccccc4)nc3N2)cc1. The summed E-state index contributed by atoms with van der Waals surface area (Å²) in [6.45, 7) is 2.06. The number of nitrogens with zero attached hydrogens (tertiary/aromatic N) is 3. The fourth-order valence-corrected chi connectivity index (χ4v) is 4.06. The van der Waals surface area contributed by atoms with E-state index in [4.69, 9.17) is 11.6 Å². The zero-order valence-corrected chi connectivity index (χ0v) is 19.5. The van der Waals surface area contributed by atoms with Crippen LogP contribution in [0, 0.1) is 6.92 Å². The van der Waals surface area contributed by atoms with Gasteiger partial charge in [0.2, 0.25) is 11.9 Å². The molecule has 0 bridgehead atoms. The highest BCUT2D eigenvalue weighted by atomic mass is 35.5. The van der Waals surface area contributed by atoms with Crippen molar-refractivity contribution in [2.75, 3.05) is 10.6 Å². The smallest absolute Gasteiger partial charge is 0.250 e. The molecule has 1 unspecified atom stereocenters. The molecule has 6 nitrogen and oxygen atoms in total. The van der Waals surface area contributed by atoms with E-state index >= 15 is 0 Å². The lowest BCUT2D eigenvalue weighted by atomic mass is 10.0. The Labute approximate surface area is 203 Å². The summed E-state index contributed by atoms with van der Waals surface area (Å²) in [7, 11) is 0. The van der Waals surface area contributed by atoms with Crippen molar-refractivity contribution < 1.29 is 4.79 Å². The molecule has 170 valence electrons. The van der Waals surface area contributed by atoms with Crippen LogP contribution in [-0.2, 0) is 11.2 Å². The molecule has 0 radical (unpaired) electrons. The van der Waals surface area contributed by atoms with Gasteiger partial charge in [-0.25, -0.2) is 4.68 Å². The molecule has 0 saturated carbocycles. The Morgan fingerprint density at radius 2 is 1.76 bits per heavy atom. The van der Waals surface area contributed by atoms with Crippen LogP contribution in [0.25, 0.3) is 5.70 Å². The van der Waals surface area contributed by atoms with Gasteiger partial charge in [-0.1, -0.05) is 83.9 Å². The number of rotatable bonds is 6. The van der Waals surface area contributed by atoms with Gasteiger partial charge in [-0.3, -0.25) is 10.1 Å². The van der Waals surface area contributed by atoms with E-state index in [1.807, 2.05) is 54.6 Å². The molecular weight excluding hydrogens is 446 g/mol. The van der Waals surface area contributed by atoms with Crippen LogP contribution < -0.4 is 10.6 Å². The predicted octanol–water partition coefficient (Wildman–Crippen LogP) is 5.87. The maximum atomic E-state index is 12.6. The summed E-state index contributed by atoms with van der Waals surface area (Å²) in [6.07, 6.45) is 3.12. The van der Waals surface area contributed by atoms with Gasteiger partial charge in [-0.2, -0.15) is 4.98 Å². The largest absolute Gasteiger partial charge is 0.324 e. The van der Waals surface area contributed by atoms with Crippen molar-refractivity contribution in [1.82, 2.24) is 14.8 Å². The van der Waals surface area contributed by atoms with Crippen LogP contribution in [0.1, 0.15) is 34.7 Å². The summed E-state index contributed by atoms with van der Waals surface area (Å²) >= 11 is 6.12. The number of hydrogen-bond acceptors (Lipinski definition) is 4. The van der Waals surface area contributed by atoms with Gasteiger partial charge < -0.3 is 5.32 Å². The maximum Gasteiger partial charge on any atom is 0.250 e. The van der Waals surface area contributed by atoms with Crippen molar-refractivity contribution in [3.05, 3.63) is 112 Å². The van der Waals surface area contributed by atoms with Gasteiger partial charge in [0.15, 0.2) is 0 Å².